The number of hydrogen-bond acceptors (Lipinski definition) is 5. The van der Waals surface area contributed by atoms with Gasteiger partial charge in [0.25, 0.3) is 5.91 Å². The number of para-hydroxylation sites is 1. The number of pyridine rings is 1. The number of methoxy groups -OCH3 is 3. The second-order valence-corrected chi connectivity index (χ2v) is 7.62. The lowest BCUT2D eigenvalue weighted by Crippen LogP contribution is -2.27. The van der Waals surface area contributed by atoms with Crippen LogP contribution in [0, 0.1) is 13.8 Å². The molecule has 4 aromatic rings. The third kappa shape index (κ3) is 3.70. The Kier molecular flexibility index (Phi) is 5.90. The largest absolute Gasteiger partial charge is 0.493 e. The van der Waals surface area contributed by atoms with Crippen molar-refractivity contribution in [1.29, 1.82) is 0 Å². The highest BCUT2D eigenvalue weighted by Gasteiger charge is 2.18. The monoisotopic (exact) mass is 433 g/mol. The quantitative estimate of drug-likeness (QED) is 0.471. The van der Waals surface area contributed by atoms with Gasteiger partial charge in [-0.15, -0.1) is 0 Å². The van der Waals surface area contributed by atoms with Crippen LogP contribution >= 0.6 is 0 Å². The predicted octanol–water partition coefficient (Wildman–Crippen LogP) is 4.26. The summed E-state index contributed by atoms with van der Waals surface area (Å²) in [6.45, 7) is 5.15. The Hall–Kier alpha value is -3.74. The van der Waals surface area contributed by atoms with Crippen molar-refractivity contribution in [1.82, 2.24) is 14.9 Å². The lowest BCUT2D eigenvalue weighted by atomic mass is 10.1. The van der Waals surface area contributed by atoms with E-state index < -0.39 is 0 Å². The van der Waals surface area contributed by atoms with Crippen molar-refractivity contribution in [2.45, 2.75) is 20.4 Å². The summed E-state index contributed by atoms with van der Waals surface area (Å²) in [6, 6.07) is 13.7. The van der Waals surface area contributed by atoms with Crippen LogP contribution in [0.4, 0.5) is 0 Å². The van der Waals surface area contributed by atoms with Crippen LogP contribution in [-0.4, -0.2) is 43.3 Å². The van der Waals surface area contributed by atoms with Crippen LogP contribution in [0.2, 0.25) is 0 Å². The minimum Gasteiger partial charge on any atom is -0.493 e. The Morgan fingerprint density at radius 2 is 1.69 bits per heavy atom. The summed E-state index contributed by atoms with van der Waals surface area (Å²) in [5.41, 5.74) is 4.65. The highest BCUT2D eigenvalue weighted by molar-refractivity contribution is 6.08. The number of benzene rings is 2. The molecule has 4 rings (SSSR count). The Morgan fingerprint density at radius 3 is 2.34 bits per heavy atom. The van der Waals surface area contributed by atoms with E-state index in [-0.39, 0.29) is 5.91 Å². The molecule has 0 atom stereocenters. The fourth-order valence-corrected chi connectivity index (χ4v) is 4.20. The fourth-order valence-electron chi connectivity index (χ4n) is 4.20. The van der Waals surface area contributed by atoms with E-state index in [1.54, 1.807) is 12.1 Å². The van der Waals surface area contributed by atoms with Gasteiger partial charge in [0.2, 0.25) is 5.75 Å². The van der Waals surface area contributed by atoms with E-state index >= 15 is 0 Å². The molecule has 0 fully saturated rings. The predicted molar refractivity (Wildman–Crippen MR) is 125 cm³/mol. The average molecular weight is 434 g/mol. The number of fused-ring (bicyclic) bond motifs is 3. The van der Waals surface area contributed by atoms with Crippen LogP contribution in [0.1, 0.15) is 21.6 Å². The molecule has 0 aliphatic rings. The molecule has 0 bridgehead atoms. The Labute approximate surface area is 186 Å². The maximum atomic E-state index is 12.9. The van der Waals surface area contributed by atoms with Gasteiger partial charge in [0.15, 0.2) is 11.5 Å². The number of hydrogen-bond donors (Lipinski definition) is 1. The summed E-state index contributed by atoms with van der Waals surface area (Å²) in [7, 11) is 4.58. The Morgan fingerprint density at radius 1 is 1.00 bits per heavy atom. The Bertz CT molecular complexity index is 1280. The van der Waals surface area contributed by atoms with Crippen molar-refractivity contribution < 1.29 is 19.0 Å². The van der Waals surface area contributed by atoms with Crippen LogP contribution in [0.3, 0.4) is 0 Å². The van der Waals surface area contributed by atoms with E-state index in [1.165, 1.54) is 32.3 Å². The van der Waals surface area contributed by atoms with Gasteiger partial charge in [-0.1, -0.05) is 18.2 Å². The Balaban J connectivity index is 1.61. The lowest BCUT2D eigenvalue weighted by Gasteiger charge is -2.14. The molecule has 2 aromatic carbocycles. The average Bonchev–Trinajstić information content (AvgIpc) is 3.11. The van der Waals surface area contributed by atoms with Crippen LogP contribution in [0.5, 0.6) is 17.2 Å². The highest BCUT2D eigenvalue weighted by atomic mass is 16.5. The van der Waals surface area contributed by atoms with Gasteiger partial charge in [-0.05, 0) is 43.7 Å². The van der Waals surface area contributed by atoms with Gasteiger partial charge in [0.05, 0.1) is 26.8 Å². The number of nitrogens with one attached hydrogen (secondary N) is 1. The zero-order valence-electron chi connectivity index (χ0n) is 19.0. The highest BCUT2D eigenvalue weighted by Crippen LogP contribution is 2.38. The third-order valence-electron chi connectivity index (χ3n) is 5.59. The van der Waals surface area contributed by atoms with Gasteiger partial charge in [-0.2, -0.15) is 0 Å². The number of ether oxygens (including phenoxy) is 3. The molecular formula is C25H27N3O4. The van der Waals surface area contributed by atoms with Gasteiger partial charge in [0, 0.05) is 35.1 Å². The number of nitrogens with zero attached hydrogens (tertiary/aromatic N) is 2. The molecule has 2 heterocycles. The van der Waals surface area contributed by atoms with Crippen LogP contribution in [-0.2, 0) is 6.54 Å². The van der Waals surface area contributed by atoms with E-state index in [4.69, 9.17) is 19.2 Å². The van der Waals surface area contributed by atoms with Crippen molar-refractivity contribution in [2.24, 2.45) is 0 Å². The zero-order chi connectivity index (χ0) is 22.8. The lowest BCUT2D eigenvalue weighted by molar-refractivity contribution is 0.0951. The second-order valence-electron chi connectivity index (χ2n) is 7.62. The number of carbonyl (C=O) groups excluding carboxylic acids is 1. The molecule has 0 radical (unpaired) electrons. The van der Waals surface area contributed by atoms with Crippen LogP contribution < -0.4 is 19.5 Å². The number of aromatic nitrogens is 2. The maximum Gasteiger partial charge on any atom is 0.251 e. The van der Waals surface area contributed by atoms with Crippen LogP contribution in [0.15, 0.2) is 42.5 Å². The first kappa shape index (κ1) is 21.5. The number of carbonyl (C=O) groups is 1. The zero-order valence-corrected chi connectivity index (χ0v) is 19.0. The number of aryl methyl sites for hydroxylation is 2. The summed E-state index contributed by atoms with van der Waals surface area (Å²) >= 11 is 0. The van der Waals surface area contributed by atoms with Gasteiger partial charge in [-0.25, -0.2) is 4.98 Å². The standard InChI is InChI=1S/C25H27N3O4/c1-15-12-16(2)27-24-22(15)18-8-6-7-9-19(18)28(24)11-10-26-25(29)17-13-20(30-3)23(32-5)21(14-17)31-4/h6-9,12-14H,10-11H2,1-5H3,(H,26,29). The van der Waals surface area contributed by atoms with Crippen molar-refractivity contribution >= 4 is 27.8 Å². The maximum absolute atomic E-state index is 12.9. The van der Waals surface area contributed by atoms with E-state index in [1.807, 2.05) is 19.1 Å². The first-order valence-electron chi connectivity index (χ1n) is 10.4. The van der Waals surface area contributed by atoms with E-state index in [9.17, 15) is 4.79 Å². The summed E-state index contributed by atoms with van der Waals surface area (Å²) in [6.07, 6.45) is 0. The van der Waals surface area contributed by atoms with Crippen molar-refractivity contribution in [2.75, 3.05) is 27.9 Å². The van der Waals surface area contributed by atoms with Crippen molar-refractivity contribution in [3.8, 4) is 17.2 Å². The second kappa shape index (κ2) is 8.78. The van der Waals surface area contributed by atoms with Crippen molar-refractivity contribution in [3.05, 3.63) is 59.3 Å². The molecule has 0 aliphatic heterocycles. The van der Waals surface area contributed by atoms with Gasteiger partial charge in [0.1, 0.15) is 5.65 Å². The normalized spacial score (nSPS) is 11.0. The molecular weight excluding hydrogens is 406 g/mol. The van der Waals surface area contributed by atoms with Gasteiger partial charge < -0.3 is 24.1 Å². The molecule has 7 nitrogen and oxygen atoms in total. The first-order valence-corrected chi connectivity index (χ1v) is 10.4. The first-order chi connectivity index (χ1) is 15.5. The summed E-state index contributed by atoms with van der Waals surface area (Å²) in [5, 5.41) is 5.32. The SMILES string of the molecule is COc1cc(C(=O)NCCn2c3ccccc3c3c(C)cc(C)nc32)cc(OC)c1OC. The van der Waals surface area contributed by atoms with Crippen LogP contribution in [0.25, 0.3) is 21.9 Å². The molecule has 1 N–H and O–H groups in total. The summed E-state index contributed by atoms with van der Waals surface area (Å²) in [4.78, 5) is 17.7. The molecule has 0 saturated carbocycles. The molecule has 2 aromatic heterocycles. The molecule has 1 amide bonds. The van der Waals surface area contributed by atoms with Gasteiger partial charge in [-0.3, -0.25) is 4.79 Å². The molecule has 0 spiro atoms. The van der Waals surface area contributed by atoms with E-state index in [0.29, 0.717) is 35.9 Å². The molecule has 7 heteroatoms. The van der Waals surface area contributed by atoms with E-state index in [0.717, 1.165) is 22.2 Å². The van der Waals surface area contributed by atoms with Crippen molar-refractivity contribution in [3.63, 3.8) is 0 Å². The summed E-state index contributed by atoms with van der Waals surface area (Å²) < 4.78 is 18.2. The summed E-state index contributed by atoms with van der Waals surface area (Å²) in [5.74, 6) is 1.11. The molecule has 0 aliphatic carbocycles. The minimum absolute atomic E-state index is 0.217. The van der Waals surface area contributed by atoms with E-state index in [2.05, 4.69) is 35.0 Å². The fraction of sp³-hybridized carbons (Fsp3) is 0.280. The number of rotatable bonds is 7. The third-order valence-corrected chi connectivity index (χ3v) is 5.59. The topological polar surface area (TPSA) is 74.6 Å². The molecule has 0 saturated heterocycles. The molecule has 0 unspecified atom stereocenters. The molecule has 32 heavy (non-hydrogen) atoms. The van der Waals surface area contributed by atoms with Gasteiger partial charge >= 0.3 is 0 Å². The number of amides is 1. The smallest absolute Gasteiger partial charge is 0.251 e. The minimum atomic E-state index is -0.217. The molecule has 166 valence electrons.